The number of para-hydroxylation sites is 1. The number of hydrogen-bond donors (Lipinski definition) is 1. The number of fused-ring (bicyclic) bond motifs is 2. The molecule has 5 rings (SSSR count). The van der Waals surface area contributed by atoms with Crippen LogP contribution in [0.25, 0.3) is 11.0 Å². The molecular formula is C23H14BrNO5. The van der Waals surface area contributed by atoms with Crippen molar-refractivity contribution in [1.82, 2.24) is 0 Å². The lowest BCUT2D eigenvalue weighted by molar-refractivity contribution is 0.101. The van der Waals surface area contributed by atoms with E-state index in [1.165, 1.54) is 0 Å². The van der Waals surface area contributed by atoms with Crippen molar-refractivity contribution in [2.24, 2.45) is 0 Å². The van der Waals surface area contributed by atoms with Crippen LogP contribution in [0.4, 0.5) is 5.69 Å². The van der Waals surface area contributed by atoms with Gasteiger partial charge in [0.05, 0.1) is 5.69 Å². The van der Waals surface area contributed by atoms with Gasteiger partial charge in [-0.15, -0.1) is 0 Å². The predicted molar refractivity (Wildman–Crippen MR) is 114 cm³/mol. The summed E-state index contributed by atoms with van der Waals surface area (Å²) in [6.07, 6.45) is 0. The van der Waals surface area contributed by atoms with Crippen LogP contribution in [0.15, 0.2) is 75.6 Å². The maximum Gasteiger partial charge on any atom is 0.255 e. The van der Waals surface area contributed by atoms with Crippen molar-refractivity contribution in [3.63, 3.8) is 0 Å². The van der Waals surface area contributed by atoms with Gasteiger partial charge >= 0.3 is 0 Å². The van der Waals surface area contributed by atoms with Crippen molar-refractivity contribution in [2.75, 3.05) is 12.1 Å². The number of amides is 1. The Hall–Kier alpha value is -3.58. The number of carbonyl (C=O) groups excluding carboxylic acids is 2. The maximum atomic E-state index is 13.3. The number of furan rings is 1. The van der Waals surface area contributed by atoms with E-state index < -0.39 is 0 Å². The Bertz CT molecular complexity index is 1290. The molecule has 1 aliphatic rings. The van der Waals surface area contributed by atoms with E-state index >= 15 is 0 Å². The second kappa shape index (κ2) is 7.35. The van der Waals surface area contributed by atoms with Crippen LogP contribution in [0.5, 0.6) is 11.5 Å². The molecule has 1 aromatic heterocycles. The largest absolute Gasteiger partial charge is 0.454 e. The van der Waals surface area contributed by atoms with E-state index in [1.807, 2.05) is 6.07 Å². The molecule has 1 N–H and O–H groups in total. The molecule has 0 saturated heterocycles. The third-order valence-corrected chi connectivity index (χ3v) is 5.31. The van der Waals surface area contributed by atoms with Gasteiger partial charge in [-0.25, -0.2) is 0 Å². The van der Waals surface area contributed by atoms with Crippen LogP contribution in [-0.4, -0.2) is 18.5 Å². The summed E-state index contributed by atoms with van der Waals surface area (Å²) in [5, 5.41) is 3.49. The first kappa shape index (κ1) is 18.4. The summed E-state index contributed by atoms with van der Waals surface area (Å²) in [6.45, 7) is 0.117. The van der Waals surface area contributed by atoms with Crippen molar-refractivity contribution < 1.29 is 23.5 Å². The highest BCUT2D eigenvalue weighted by atomic mass is 79.9. The average Bonchev–Trinajstić information content (AvgIpc) is 3.38. The number of benzene rings is 3. The van der Waals surface area contributed by atoms with Crippen molar-refractivity contribution in [2.45, 2.75) is 0 Å². The molecule has 148 valence electrons. The molecule has 30 heavy (non-hydrogen) atoms. The molecule has 0 spiro atoms. The Labute approximate surface area is 179 Å². The normalized spacial score (nSPS) is 12.2. The van der Waals surface area contributed by atoms with E-state index in [-0.39, 0.29) is 24.2 Å². The number of carbonyl (C=O) groups is 2. The monoisotopic (exact) mass is 463 g/mol. The van der Waals surface area contributed by atoms with Crippen LogP contribution in [-0.2, 0) is 0 Å². The topological polar surface area (TPSA) is 77.8 Å². The third-order valence-electron chi connectivity index (χ3n) is 4.78. The molecule has 0 fully saturated rings. The Morgan fingerprint density at radius 3 is 2.43 bits per heavy atom. The second-order valence-corrected chi connectivity index (χ2v) is 7.58. The number of ketones is 1. The molecule has 2 heterocycles. The van der Waals surface area contributed by atoms with Gasteiger partial charge in [-0.3, -0.25) is 9.59 Å². The molecule has 4 aromatic rings. The zero-order chi connectivity index (χ0) is 20.7. The Morgan fingerprint density at radius 1 is 0.867 bits per heavy atom. The summed E-state index contributed by atoms with van der Waals surface area (Å²) in [7, 11) is 0. The smallest absolute Gasteiger partial charge is 0.255 e. The second-order valence-electron chi connectivity index (χ2n) is 6.66. The highest BCUT2D eigenvalue weighted by Crippen LogP contribution is 2.36. The van der Waals surface area contributed by atoms with Crippen LogP contribution < -0.4 is 14.8 Å². The minimum Gasteiger partial charge on any atom is -0.454 e. The van der Waals surface area contributed by atoms with Crippen LogP contribution in [0.1, 0.15) is 26.5 Å². The molecular weight excluding hydrogens is 450 g/mol. The Morgan fingerprint density at radius 2 is 1.60 bits per heavy atom. The summed E-state index contributed by atoms with van der Waals surface area (Å²) in [5.41, 5.74) is 1.68. The highest BCUT2D eigenvalue weighted by Gasteiger charge is 2.25. The third kappa shape index (κ3) is 3.23. The fraction of sp³-hybridized carbons (Fsp3) is 0.0435. The van der Waals surface area contributed by atoms with E-state index in [0.29, 0.717) is 39.3 Å². The molecule has 0 radical (unpaired) electrons. The van der Waals surface area contributed by atoms with Crippen molar-refractivity contribution in [3.8, 4) is 11.5 Å². The number of rotatable bonds is 4. The molecule has 0 unspecified atom stereocenters. The lowest BCUT2D eigenvalue weighted by Crippen LogP contribution is -2.14. The maximum absolute atomic E-state index is 13.3. The summed E-state index contributed by atoms with van der Waals surface area (Å²) in [5.74, 6) is 0.433. The number of halogens is 1. The van der Waals surface area contributed by atoms with E-state index in [9.17, 15) is 9.59 Å². The lowest BCUT2D eigenvalue weighted by atomic mass is 10.1. The SMILES string of the molecule is O=C(Nc1c(C(=O)c2ccc3c(c2)OCO3)oc2ccccc12)c1ccc(Br)cc1. The van der Waals surface area contributed by atoms with E-state index in [0.717, 1.165) is 4.47 Å². The van der Waals surface area contributed by atoms with Gasteiger partial charge in [0.2, 0.25) is 12.6 Å². The quantitative estimate of drug-likeness (QED) is 0.409. The molecule has 0 atom stereocenters. The molecule has 7 heteroatoms. The molecule has 3 aromatic carbocycles. The first-order chi connectivity index (χ1) is 14.6. The fourth-order valence-electron chi connectivity index (χ4n) is 3.29. The molecule has 0 bridgehead atoms. The summed E-state index contributed by atoms with van der Waals surface area (Å²) in [4.78, 5) is 26.1. The minimum absolute atomic E-state index is 0.0560. The summed E-state index contributed by atoms with van der Waals surface area (Å²) >= 11 is 3.36. The number of anilines is 1. The Kier molecular flexibility index (Phi) is 4.52. The minimum atomic E-state index is -0.365. The molecule has 1 amide bonds. The summed E-state index contributed by atoms with van der Waals surface area (Å²) in [6, 6.07) is 19.1. The van der Waals surface area contributed by atoms with Gasteiger partial charge in [0, 0.05) is 21.0 Å². The molecule has 1 aliphatic heterocycles. The molecule has 0 aliphatic carbocycles. The molecule has 6 nitrogen and oxygen atoms in total. The molecule has 0 saturated carbocycles. The zero-order valence-electron chi connectivity index (χ0n) is 15.5. The van der Waals surface area contributed by atoms with Crippen LogP contribution in [0.2, 0.25) is 0 Å². The van der Waals surface area contributed by atoms with E-state index in [2.05, 4.69) is 21.2 Å². The summed E-state index contributed by atoms with van der Waals surface area (Å²) < 4.78 is 17.4. The van der Waals surface area contributed by atoms with E-state index in [1.54, 1.807) is 60.7 Å². The van der Waals surface area contributed by atoms with Crippen molar-refractivity contribution in [3.05, 3.63) is 88.1 Å². The van der Waals surface area contributed by atoms with Gasteiger partial charge in [0.15, 0.2) is 17.3 Å². The van der Waals surface area contributed by atoms with Gasteiger partial charge in [-0.2, -0.15) is 0 Å². The standard InChI is InChI=1S/C23H14BrNO5/c24-15-8-5-13(6-9-15)23(27)25-20-16-3-1-2-4-17(16)30-22(20)21(26)14-7-10-18-19(11-14)29-12-28-18/h1-11H,12H2,(H,25,27). The van der Waals surface area contributed by atoms with Gasteiger partial charge in [0.25, 0.3) is 5.91 Å². The Balaban J connectivity index is 1.56. The highest BCUT2D eigenvalue weighted by molar-refractivity contribution is 9.10. The first-order valence-corrected chi connectivity index (χ1v) is 9.92. The van der Waals surface area contributed by atoms with Gasteiger partial charge in [-0.1, -0.05) is 28.1 Å². The van der Waals surface area contributed by atoms with Gasteiger partial charge < -0.3 is 19.2 Å². The lowest BCUT2D eigenvalue weighted by Gasteiger charge is -2.07. The van der Waals surface area contributed by atoms with Crippen molar-refractivity contribution in [1.29, 1.82) is 0 Å². The van der Waals surface area contributed by atoms with E-state index in [4.69, 9.17) is 13.9 Å². The fourth-order valence-corrected chi connectivity index (χ4v) is 3.55. The van der Waals surface area contributed by atoms with Gasteiger partial charge in [-0.05, 0) is 54.6 Å². The average molecular weight is 464 g/mol. The number of ether oxygens (including phenoxy) is 2. The van der Waals surface area contributed by atoms with Crippen LogP contribution in [0, 0.1) is 0 Å². The number of hydrogen-bond acceptors (Lipinski definition) is 5. The van der Waals surface area contributed by atoms with Crippen LogP contribution >= 0.6 is 15.9 Å². The van der Waals surface area contributed by atoms with Crippen LogP contribution in [0.3, 0.4) is 0 Å². The zero-order valence-corrected chi connectivity index (χ0v) is 17.1. The van der Waals surface area contributed by atoms with Gasteiger partial charge in [0.1, 0.15) is 5.58 Å². The number of nitrogens with one attached hydrogen (secondary N) is 1. The predicted octanol–water partition coefficient (Wildman–Crippen LogP) is 5.41. The first-order valence-electron chi connectivity index (χ1n) is 9.13. The van der Waals surface area contributed by atoms with Crippen molar-refractivity contribution >= 4 is 44.3 Å².